The van der Waals surface area contributed by atoms with E-state index in [9.17, 15) is 17.6 Å². The van der Waals surface area contributed by atoms with E-state index in [4.69, 9.17) is 16.3 Å². The molecule has 178 valence electrons. The number of carbonyl (C=O) groups is 1. The number of ether oxygens (including phenoxy) is 1. The zero-order valence-electron chi connectivity index (χ0n) is 18.8. The molecule has 3 aromatic rings. The molecular weight excluding hydrogens is 479 g/mol. The minimum absolute atomic E-state index is 0.0632. The van der Waals surface area contributed by atoms with Crippen LogP contribution in [0.1, 0.15) is 10.4 Å². The van der Waals surface area contributed by atoms with Gasteiger partial charge in [0.2, 0.25) is 0 Å². The van der Waals surface area contributed by atoms with Gasteiger partial charge in [-0.1, -0.05) is 29.8 Å². The molecule has 0 atom stereocenters. The number of rotatable bonds is 5. The average Bonchev–Trinajstić information content (AvgIpc) is 2.83. The number of amides is 1. The molecule has 0 N–H and O–H groups in total. The molecule has 34 heavy (non-hydrogen) atoms. The summed E-state index contributed by atoms with van der Waals surface area (Å²) in [6.45, 7) is 2.08. The number of benzene rings is 3. The van der Waals surface area contributed by atoms with E-state index >= 15 is 0 Å². The number of anilines is 1. The lowest BCUT2D eigenvalue weighted by Gasteiger charge is -2.36. The van der Waals surface area contributed by atoms with Crippen LogP contribution in [0.2, 0.25) is 5.02 Å². The van der Waals surface area contributed by atoms with Crippen molar-refractivity contribution in [1.29, 1.82) is 0 Å². The van der Waals surface area contributed by atoms with Gasteiger partial charge in [-0.05, 0) is 53.6 Å². The molecule has 1 aliphatic heterocycles. The Morgan fingerprint density at radius 1 is 0.971 bits per heavy atom. The monoisotopic (exact) mass is 502 g/mol. The normalized spacial score (nSPS) is 14.2. The van der Waals surface area contributed by atoms with Crippen molar-refractivity contribution < 1.29 is 22.3 Å². The second-order valence-electron chi connectivity index (χ2n) is 8.08. The number of piperazine rings is 1. The van der Waals surface area contributed by atoms with Crippen molar-refractivity contribution in [2.24, 2.45) is 0 Å². The summed E-state index contributed by atoms with van der Waals surface area (Å²) in [6.07, 6.45) is 1.10. The molecule has 1 aliphatic rings. The lowest BCUT2D eigenvalue weighted by atomic mass is 9.98. The maximum absolute atomic E-state index is 13.5. The summed E-state index contributed by atoms with van der Waals surface area (Å²) in [5.74, 6) is -0.0605. The molecule has 1 saturated heterocycles. The Labute approximate surface area is 203 Å². The van der Waals surface area contributed by atoms with Crippen LogP contribution in [0.15, 0.2) is 65.6 Å². The van der Waals surface area contributed by atoms with Crippen LogP contribution in [0.4, 0.5) is 10.1 Å². The van der Waals surface area contributed by atoms with Crippen molar-refractivity contribution in [3.05, 3.63) is 77.1 Å². The Bertz CT molecular complexity index is 1320. The third-order valence-electron chi connectivity index (χ3n) is 5.87. The lowest BCUT2D eigenvalue weighted by Crippen LogP contribution is -2.49. The molecule has 0 aliphatic carbocycles. The van der Waals surface area contributed by atoms with E-state index in [0.29, 0.717) is 48.1 Å². The number of halogens is 2. The first-order chi connectivity index (χ1) is 16.2. The van der Waals surface area contributed by atoms with Gasteiger partial charge in [0.1, 0.15) is 11.6 Å². The molecular formula is C25H24ClFN2O4S. The number of sulfone groups is 1. The third kappa shape index (κ3) is 5.03. The highest BCUT2D eigenvalue weighted by atomic mass is 35.5. The van der Waals surface area contributed by atoms with Crippen LogP contribution in [0.3, 0.4) is 0 Å². The number of methoxy groups -OCH3 is 1. The molecule has 0 aromatic heterocycles. The Balaban J connectivity index is 1.60. The van der Waals surface area contributed by atoms with Gasteiger partial charge in [0, 0.05) is 43.7 Å². The molecule has 1 fully saturated rings. The fourth-order valence-electron chi connectivity index (χ4n) is 4.00. The number of carbonyl (C=O) groups excluding carboxylic acids is 1. The molecule has 1 amide bonds. The molecule has 0 spiro atoms. The van der Waals surface area contributed by atoms with Crippen LogP contribution in [0, 0.1) is 5.82 Å². The van der Waals surface area contributed by atoms with E-state index in [-0.39, 0.29) is 22.2 Å². The van der Waals surface area contributed by atoms with Gasteiger partial charge < -0.3 is 14.5 Å². The molecule has 0 saturated carbocycles. The molecule has 3 aromatic carbocycles. The Morgan fingerprint density at radius 2 is 1.65 bits per heavy atom. The van der Waals surface area contributed by atoms with Crippen LogP contribution >= 0.6 is 11.6 Å². The number of hydrogen-bond donors (Lipinski definition) is 0. The van der Waals surface area contributed by atoms with Gasteiger partial charge in [0.15, 0.2) is 9.84 Å². The van der Waals surface area contributed by atoms with Gasteiger partial charge in [0.05, 0.1) is 17.0 Å². The molecule has 1 heterocycles. The minimum Gasteiger partial charge on any atom is -0.495 e. The standard InChI is InChI=1S/C25H24ClFN2O4S/c1-33-24-10-7-19(15-23(24)26)28-11-13-29(14-12-28)25(30)22-16-20(34(2,31)32)8-9-21(22)17-3-5-18(27)6-4-17/h3-10,15-16H,11-14H2,1-2H3. The largest absolute Gasteiger partial charge is 0.495 e. The summed E-state index contributed by atoms with van der Waals surface area (Å²) >= 11 is 6.26. The Morgan fingerprint density at radius 3 is 2.24 bits per heavy atom. The van der Waals surface area contributed by atoms with Gasteiger partial charge in [-0.25, -0.2) is 12.8 Å². The van der Waals surface area contributed by atoms with E-state index < -0.39 is 9.84 Å². The van der Waals surface area contributed by atoms with Crippen molar-refractivity contribution in [1.82, 2.24) is 4.90 Å². The van der Waals surface area contributed by atoms with E-state index in [1.165, 1.54) is 24.3 Å². The highest BCUT2D eigenvalue weighted by Gasteiger charge is 2.26. The predicted octanol–water partition coefficient (Wildman–Crippen LogP) is 4.52. The zero-order valence-corrected chi connectivity index (χ0v) is 20.4. The van der Waals surface area contributed by atoms with Gasteiger partial charge in [-0.2, -0.15) is 0 Å². The highest BCUT2D eigenvalue weighted by Crippen LogP contribution is 2.31. The summed E-state index contributed by atoms with van der Waals surface area (Å²) in [5, 5.41) is 0.514. The first kappa shape index (κ1) is 24.0. The first-order valence-corrected chi connectivity index (χ1v) is 12.9. The second kappa shape index (κ2) is 9.64. The lowest BCUT2D eigenvalue weighted by molar-refractivity contribution is 0.0747. The van der Waals surface area contributed by atoms with Gasteiger partial charge >= 0.3 is 0 Å². The topological polar surface area (TPSA) is 66.9 Å². The first-order valence-electron chi connectivity index (χ1n) is 10.6. The maximum atomic E-state index is 13.5. The predicted molar refractivity (Wildman–Crippen MR) is 131 cm³/mol. The van der Waals surface area contributed by atoms with E-state index in [1.807, 2.05) is 12.1 Å². The number of hydrogen-bond acceptors (Lipinski definition) is 5. The van der Waals surface area contributed by atoms with Gasteiger partial charge in [-0.15, -0.1) is 0 Å². The maximum Gasteiger partial charge on any atom is 0.254 e. The van der Waals surface area contributed by atoms with Crippen LogP contribution in [0.25, 0.3) is 11.1 Å². The van der Waals surface area contributed by atoms with Crippen molar-refractivity contribution >= 4 is 33.0 Å². The molecule has 4 rings (SSSR count). The second-order valence-corrected chi connectivity index (χ2v) is 10.5. The minimum atomic E-state index is -3.51. The Kier molecular flexibility index (Phi) is 6.81. The van der Waals surface area contributed by atoms with Crippen molar-refractivity contribution in [3.63, 3.8) is 0 Å². The summed E-state index contributed by atoms with van der Waals surface area (Å²) in [5.41, 5.74) is 2.40. The van der Waals surface area contributed by atoms with Crippen LogP contribution in [-0.2, 0) is 9.84 Å². The zero-order chi connectivity index (χ0) is 24.5. The Hall–Kier alpha value is -3.10. The SMILES string of the molecule is COc1ccc(N2CCN(C(=O)c3cc(S(C)(=O)=O)ccc3-c3ccc(F)cc3)CC2)cc1Cl. The van der Waals surface area contributed by atoms with E-state index in [2.05, 4.69) is 4.90 Å². The van der Waals surface area contributed by atoms with Crippen LogP contribution in [0.5, 0.6) is 5.75 Å². The molecule has 9 heteroatoms. The van der Waals surface area contributed by atoms with Crippen LogP contribution < -0.4 is 9.64 Å². The van der Waals surface area contributed by atoms with Gasteiger partial charge in [0.25, 0.3) is 5.91 Å². The highest BCUT2D eigenvalue weighted by molar-refractivity contribution is 7.90. The van der Waals surface area contributed by atoms with Crippen molar-refractivity contribution in [2.75, 3.05) is 44.4 Å². The van der Waals surface area contributed by atoms with Crippen molar-refractivity contribution in [3.8, 4) is 16.9 Å². The summed E-state index contributed by atoms with van der Waals surface area (Å²) < 4.78 is 42.9. The quantitative estimate of drug-likeness (QED) is 0.513. The van der Waals surface area contributed by atoms with E-state index in [1.54, 1.807) is 36.3 Å². The van der Waals surface area contributed by atoms with E-state index in [0.717, 1.165) is 11.9 Å². The number of nitrogens with zero attached hydrogens (tertiary/aromatic N) is 2. The fourth-order valence-corrected chi connectivity index (χ4v) is 4.90. The molecule has 0 unspecified atom stereocenters. The molecule has 6 nitrogen and oxygen atoms in total. The van der Waals surface area contributed by atoms with Crippen molar-refractivity contribution in [2.45, 2.75) is 4.90 Å². The summed E-state index contributed by atoms with van der Waals surface area (Å²) in [4.78, 5) is 17.4. The molecule has 0 radical (unpaired) electrons. The average molecular weight is 503 g/mol. The molecule has 0 bridgehead atoms. The summed E-state index contributed by atoms with van der Waals surface area (Å²) in [7, 11) is -1.95. The summed E-state index contributed by atoms with van der Waals surface area (Å²) in [6, 6.07) is 15.8. The van der Waals surface area contributed by atoms with Crippen LogP contribution in [-0.4, -0.2) is 58.8 Å². The van der Waals surface area contributed by atoms with Gasteiger partial charge in [-0.3, -0.25) is 4.79 Å². The smallest absolute Gasteiger partial charge is 0.254 e. The fraction of sp³-hybridized carbons (Fsp3) is 0.240. The third-order valence-corrected chi connectivity index (χ3v) is 7.28.